The van der Waals surface area contributed by atoms with Crippen LogP contribution in [0.4, 0.5) is 0 Å². The highest BCUT2D eigenvalue weighted by atomic mass is 16.6. The van der Waals surface area contributed by atoms with Crippen LogP contribution in [0.1, 0.15) is 54.4 Å². The number of ether oxygens (including phenoxy) is 1. The van der Waals surface area contributed by atoms with E-state index in [2.05, 4.69) is 6.92 Å². The second-order valence-electron chi connectivity index (χ2n) is 5.40. The lowest BCUT2D eigenvalue weighted by Gasteiger charge is -2.17. The van der Waals surface area contributed by atoms with Gasteiger partial charge in [-0.2, -0.15) is 0 Å². The Balaban J connectivity index is 0. The Morgan fingerprint density at radius 3 is 2.06 bits per heavy atom. The molecule has 0 spiro atoms. The van der Waals surface area contributed by atoms with E-state index in [4.69, 9.17) is 15.6 Å². The Kier molecular flexibility index (Phi) is 10.4. The molecule has 0 radical (unpaired) electrons. The largest absolute Gasteiger partial charge is 0.460 e. The van der Waals surface area contributed by atoms with Crippen molar-refractivity contribution in [2.75, 3.05) is 6.61 Å². The molecule has 0 aromatic rings. The molecule has 0 aromatic heterocycles. The molecule has 4 nitrogen and oxygen atoms in total. The van der Waals surface area contributed by atoms with Gasteiger partial charge < -0.3 is 15.6 Å². The Morgan fingerprint density at radius 1 is 1.41 bits per heavy atom. The van der Waals surface area contributed by atoms with Crippen molar-refractivity contribution < 1.29 is 14.6 Å². The third kappa shape index (κ3) is 18.0. The molecule has 4 heteroatoms. The number of esters is 1. The van der Waals surface area contributed by atoms with Crippen molar-refractivity contribution in [2.45, 2.75) is 66.0 Å². The SMILES string of the molecule is CC(=O)OC(C)(C)C.CCC(N)CC(C)CO. The van der Waals surface area contributed by atoms with Crippen LogP contribution in [0.3, 0.4) is 0 Å². The summed E-state index contributed by atoms with van der Waals surface area (Å²) in [4.78, 5) is 10.2. The average Bonchev–Trinajstić information content (AvgIpc) is 2.14. The van der Waals surface area contributed by atoms with Crippen LogP contribution < -0.4 is 5.73 Å². The molecule has 0 aliphatic carbocycles. The van der Waals surface area contributed by atoms with Gasteiger partial charge in [0.2, 0.25) is 0 Å². The quantitative estimate of drug-likeness (QED) is 0.746. The standard InChI is InChI=1S/C7H17NO.C6H12O2/c1-3-7(8)4-6(2)5-9;1-5(7)8-6(2,3)4/h6-7,9H,3-5,8H2,1-2H3;1-4H3. The van der Waals surface area contributed by atoms with Gasteiger partial charge in [0, 0.05) is 19.6 Å². The summed E-state index contributed by atoms with van der Waals surface area (Å²) in [5.74, 6) is 0.137. The van der Waals surface area contributed by atoms with Gasteiger partial charge in [-0.15, -0.1) is 0 Å². The van der Waals surface area contributed by atoms with E-state index in [0.717, 1.165) is 12.8 Å². The van der Waals surface area contributed by atoms with Crippen LogP contribution in [0.2, 0.25) is 0 Å². The number of nitrogens with two attached hydrogens (primary N) is 1. The summed E-state index contributed by atoms with van der Waals surface area (Å²) in [6, 6.07) is 0.271. The van der Waals surface area contributed by atoms with E-state index in [9.17, 15) is 4.79 Å². The van der Waals surface area contributed by atoms with Gasteiger partial charge in [-0.25, -0.2) is 0 Å². The zero-order valence-corrected chi connectivity index (χ0v) is 12.1. The molecule has 17 heavy (non-hydrogen) atoms. The van der Waals surface area contributed by atoms with Gasteiger partial charge in [0.15, 0.2) is 0 Å². The molecule has 2 unspecified atom stereocenters. The Bertz CT molecular complexity index is 191. The second kappa shape index (κ2) is 9.42. The molecule has 3 N–H and O–H groups in total. The Labute approximate surface area is 106 Å². The summed E-state index contributed by atoms with van der Waals surface area (Å²) in [6.45, 7) is 11.3. The minimum Gasteiger partial charge on any atom is -0.460 e. The number of aliphatic hydroxyl groups is 1. The lowest BCUT2D eigenvalue weighted by atomic mass is 10.0. The highest BCUT2D eigenvalue weighted by Gasteiger charge is 2.11. The van der Waals surface area contributed by atoms with Gasteiger partial charge in [0.25, 0.3) is 0 Å². The third-order valence-electron chi connectivity index (χ3n) is 1.99. The lowest BCUT2D eigenvalue weighted by molar-refractivity contribution is -0.151. The molecule has 2 atom stereocenters. The van der Waals surface area contributed by atoms with Crippen molar-refractivity contribution in [1.29, 1.82) is 0 Å². The Morgan fingerprint density at radius 2 is 1.88 bits per heavy atom. The number of hydrogen-bond donors (Lipinski definition) is 2. The topological polar surface area (TPSA) is 72.5 Å². The molecular weight excluding hydrogens is 218 g/mol. The van der Waals surface area contributed by atoms with Crippen molar-refractivity contribution in [3.63, 3.8) is 0 Å². The first-order valence-corrected chi connectivity index (χ1v) is 6.18. The molecule has 104 valence electrons. The molecule has 0 fully saturated rings. The molecule has 0 amide bonds. The molecule has 0 aliphatic heterocycles. The van der Waals surface area contributed by atoms with Gasteiger partial charge in [-0.05, 0) is 39.5 Å². The van der Waals surface area contributed by atoms with Crippen LogP contribution in [-0.2, 0) is 9.53 Å². The van der Waals surface area contributed by atoms with E-state index < -0.39 is 0 Å². The maximum Gasteiger partial charge on any atom is 0.303 e. The molecule has 0 saturated carbocycles. The van der Waals surface area contributed by atoms with E-state index in [1.54, 1.807) is 0 Å². The summed E-state index contributed by atoms with van der Waals surface area (Å²) in [5, 5.41) is 8.62. The summed E-state index contributed by atoms with van der Waals surface area (Å²) < 4.78 is 4.80. The van der Waals surface area contributed by atoms with Gasteiger partial charge in [-0.3, -0.25) is 4.79 Å². The summed E-state index contributed by atoms with van der Waals surface area (Å²) in [7, 11) is 0. The fourth-order valence-electron chi connectivity index (χ4n) is 1.19. The first kappa shape index (κ1) is 18.7. The first-order valence-electron chi connectivity index (χ1n) is 6.18. The van der Waals surface area contributed by atoms with Crippen molar-refractivity contribution in [3.05, 3.63) is 0 Å². The van der Waals surface area contributed by atoms with Gasteiger partial charge >= 0.3 is 5.97 Å². The summed E-state index contributed by atoms with van der Waals surface area (Å²) in [5.41, 5.74) is 5.31. The second-order valence-corrected chi connectivity index (χ2v) is 5.40. The fourth-order valence-corrected chi connectivity index (χ4v) is 1.19. The Hall–Kier alpha value is -0.610. The predicted molar refractivity (Wildman–Crippen MR) is 70.7 cm³/mol. The predicted octanol–water partition coefficient (Wildman–Crippen LogP) is 2.09. The average molecular weight is 247 g/mol. The maximum atomic E-state index is 10.2. The molecule has 0 aromatic carbocycles. The number of hydrogen-bond acceptors (Lipinski definition) is 4. The highest BCUT2D eigenvalue weighted by molar-refractivity contribution is 5.66. The van der Waals surface area contributed by atoms with Gasteiger partial charge in [0.05, 0.1) is 0 Å². The molecule has 0 rings (SSSR count). The van der Waals surface area contributed by atoms with Crippen LogP contribution in [0.15, 0.2) is 0 Å². The van der Waals surface area contributed by atoms with E-state index >= 15 is 0 Å². The summed E-state index contributed by atoms with van der Waals surface area (Å²) in [6.07, 6.45) is 1.94. The smallest absolute Gasteiger partial charge is 0.303 e. The van der Waals surface area contributed by atoms with Crippen molar-refractivity contribution in [2.24, 2.45) is 11.7 Å². The minimum atomic E-state index is -0.328. The van der Waals surface area contributed by atoms with E-state index in [1.165, 1.54) is 6.92 Å². The minimum absolute atomic E-state index is 0.225. The van der Waals surface area contributed by atoms with Gasteiger partial charge in [-0.1, -0.05) is 13.8 Å². The maximum absolute atomic E-state index is 10.2. The van der Waals surface area contributed by atoms with Gasteiger partial charge in [0.1, 0.15) is 5.60 Å². The molecule has 0 aliphatic rings. The van der Waals surface area contributed by atoms with E-state index in [0.29, 0.717) is 5.92 Å². The van der Waals surface area contributed by atoms with Crippen molar-refractivity contribution in [3.8, 4) is 0 Å². The zero-order chi connectivity index (χ0) is 14.1. The monoisotopic (exact) mass is 247 g/mol. The number of carbonyl (C=O) groups is 1. The lowest BCUT2D eigenvalue weighted by Crippen LogP contribution is -2.22. The first-order chi connectivity index (χ1) is 7.62. The van der Waals surface area contributed by atoms with E-state index in [1.807, 2.05) is 27.7 Å². The molecule has 0 heterocycles. The molecule has 0 bridgehead atoms. The molecular formula is C13H29NO3. The van der Waals surface area contributed by atoms with Crippen LogP contribution in [-0.4, -0.2) is 29.3 Å². The van der Waals surface area contributed by atoms with Crippen molar-refractivity contribution >= 4 is 5.97 Å². The third-order valence-corrected chi connectivity index (χ3v) is 1.99. The summed E-state index contributed by atoms with van der Waals surface area (Å²) >= 11 is 0. The number of aliphatic hydroxyl groups excluding tert-OH is 1. The van der Waals surface area contributed by atoms with Crippen LogP contribution in [0.25, 0.3) is 0 Å². The van der Waals surface area contributed by atoms with Crippen molar-refractivity contribution in [1.82, 2.24) is 0 Å². The molecule has 0 saturated heterocycles. The fraction of sp³-hybridized carbons (Fsp3) is 0.923. The van der Waals surface area contributed by atoms with Crippen LogP contribution in [0.5, 0.6) is 0 Å². The van der Waals surface area contributed by atoms with Crippen LogP contribution >= 0.6 is 0 Å². The number of carbonyl (C=O) groups excluding carboxylic acids is 1. The number of rotatable bonds is 4. The highest BCUT2D eigenvalue weighted by Crippen LogP contribution is 2.05. The normalized spacial score (nSPS) is 14.4. The van der Waals surface area contributed by atoms with E-state index in [-0.39, 0.29) is 24.2 Å². The van der Waals surface area contributed by atoms with Crippen LogP contribution in [0, 0.1) is 5.92 Å². The zero-order valence-electron chi connectivity index (χ0n) is 12.1.